The van der Waals surface area contributed by atoms with E-state index in [0.717, 1.165) is 56.4 Å². The molecule has 5 rings (SSSR count). The van der Waals surface area contributed by atoms with E-state index in [2.05, 4.69) is 45.5 Å². The predicted molar refractivity (Wildman–Crippen MR) is 125 cm³/mol. The fraction of sp³-hybridized carbons (Fsp3) is 0.538. The molecule has 170 valence electrons. The van der Waals surface area contributed by atoms with Gasteiger partial charge in [-0.25, -0.2) is 4.79 Å². The van der Waals surface area contributed by atoms with Crippen molar-refractivity contribution >= 4 is 6.03 Å². The number of carbonyl (C=O) groups excluding carboxylic acids is 1. The number of aliphatic hydroxyl groups excluding tert-OH is 1. The number of hydrogen-bond acceptors (Lipinski definition) is 4. The van der Waals surface area contributed by atoms with Gasteiger partial charge in [-0.05, 0) is 55.0 Å². The van der Waals surface area contributed by atoms with Gasteiger partial charge in [0.2, 0.25) is 0 Å². The normalized spacial score (nSPS) is 26.7. The van der Waals surface area contributed by atoms with Crippen molar-refractivity contribution in [3.63, 3.8) is 0 Å². The van der Waals surface area contributed by atoms with Crippen LogP contribution in [-0.4, -0.2) is 70.3 Å². The molecule has 2 saturated heterocycles. The second-order valence-electron chi connectivity index (χ2n) is 9.53. The number of nitrogens with one attached hydrogen (secondary N) is 1. The van der Waals surface area contributed by atoms with E-state index in [1.807, 2.05) is 17.2 Å². The Morgan fingerprint density at radius 1 is 1.03 bits per heavy atom. The monoisotopic (exact) mass is 434 g/mol. The number of benzene rings is 1. The molecule has 0 radical (unpaired) electrons. The summed E-state index contributed by atoms with van der Waals surface area (Å²) in [6, 6.07) is 13.5. The Kier molecular flexibility index (Phi) is 6.42. The largest absolute Gasteiger partial charge is 0.395 e. The highest BCUT2D eigenvalue weighted by Crippen LogP contribution is 2.42. The minimum atomic E-state index is 0.0943. The van der Waals surface area contributed by atoms with Crippen LogP contribution >= 0.6 is 0 Å². The summed E-state index contributed by atoms with van der Waals surface area (Å²) in [6.07, 6.45) is 10.4. The van der Waals surface area contributed by atoms with Crippen molar-refractivity contribution in [2.75, 3.05) is 26.2 Å². The number of aliphatic hydroxyl groups is 1. The van der Waals surface area contributed by atoms with E-state index in [4.69, 9.17) is 0 Å². The Bertz CT molecular complexity index is 898. The number of urea groups is 1. The second kappa shape index (κ2) is 9.59. The number of carbonyl (C=O) groups is 1. The molecule has 2 amide bonds. The summed E-state index contributed by atoms with van der Waals surface area (Å²) in [5, 5.41) is 13.4. The van der Waals surface area contributed by atoms with Gasteiger partial charge in [-0.1, -0.05) is 43.2 Å². The molecule has 6 nitrogen and oxygen atoms in total. The minimum absolute atomic E-state index is 0.0943. The molecule has 0 bridgehead atoms. The van der Waals surface area contributed by atoms with Gasteiger partial charge in [0.1, 0.15) is 0 Å². The second-order valence-corrected chi connectivity index (χ2v) is 9.53. The Morgan fingerprint density at radius 3 is 2.53 bits per heavy atom. The molecule has 0 spiro atoms. The standard InChI is InChI=1S/C26H34N4O2/c31-18-24-25(20-11-9-19(10-12-20)21-6-5-13-27-16-21)23-17-29(14-3-4-15-30(23)24)26(32)28-22-7-1-2-8-22/h5-6,9-13,16,22-25,31H,1-4,7-8,14-15,17-18H2,(H,28,32)/t23-,24+,25+/m0/s1. The smallest absolute Gasteiger partial charge is 0.317 e. The molecule has 2 aliphatic heterocycles. The molecule has 1 saturated carbocycles. The summed E-state index contributed by atoms with van der Waals surface area (Å²) < 4.78 is 0. The molecule has 1 aromatic heterocycles. The number of pyridine rings is 1. The van der Waals surface area contributed by atoms with Crippen LogP contribution in [0.15, 0.2) is 48.8 Å². The first-order valence-corrected chi connectivity index (χ1v) is 12.2. The van der Waals surface area contributed by atoms with Crippen LogP contribution in [0.3, 0.4) is 0 Å². The highest BCUT2D eigenvalue weighted by Gasteiger charge is 2.49. The third kappa shape index (κ3) is 4.26. The molecule has 1 aliphatic carbocycles. The number of fused-ring (bicyclic) bond motifs is 1. The number of aromatic nitrogens is 1. The molecule has 3 heterocycles. The number of amides is 2. The SMILES string of the molecule is O=C(NC1CCCC1)N1CCCCN2[C@H](CO)[C@H](c3ccc(-c4cccnc4)cc3)[C@@H]2C1. The van der Waals surface area contributed by atoms with Crippen molar-refractivity contribution in [1.29, 1.82) is 0 Å². The minimum Gasteiger partial charge on any atom is -0.395 e. The van der Waals surface area contributed by atoms with E-state index in [9.17, 15) is 9.90 Å². The molecular formula is C26H34N4O2. The molecular weight excluding hydrogens is 400 g/mol. The number of nitrogens with zero attached hydrogens (tertiary/aromatic N) is 3. The van der Waals surface area contributed by atoms with Crippen molar-refractivity contribution in [2.45, 2.75) is 62.6 Å². The summed E-state index contributed by atoms with van der Waals surface area (Å²) >= 11 is 0. The van der Waals surface area contributed by atoms with Crippen LogP contribution in [-0.2, 0) is 0 Å². The molecule has 32 heavy (non-hydrogen) atoms. The zero-order valence-electron chi connectivity index (χ0n) is 18.7. The topological polar surface area (TPSA) is 68.7 Å². The van der Waals surface area contributed by atoms with E-state index in [1.165, 1.54) is 18.4 Å². The molecule has 1 aromatic carbocycles. The van der Waals surface area contributed by atoms with Crippen LogP contribution in [0.5, 0.6) is 0 Å². The molecule has 3 aliphatic rings. The van der Waals surface area contributed by atoms with Gasteiger partial charge in [-0.15, -0.1) is 0 Å². The highest BCUT2D eigenvalue weighted by molar-refractivity contribution is 5.74. The third-order valence-corrected chi connectivity index (χ3v) is 7.63. The highest BCUT2D eigenvalue weighted by atomic mass is 16.3. The van der Waals surface area contributed by atoms with E-state index >= 15 is 0 Å². The van der Waals surface area contributed by atoms with Crippen LogP contribution in [0.2, 0.25) is 0 Å². The van der Waals surface area contributed by atoms with Crippen LogP contribution in [0.25, 0.3) is 11.1 Å². The molecule has 6 heteroatoms. The van der Waals surface area contributed by atoms with E-state index in [-0.39, 0.29) is 30.6 Å². The quantitative estimate of drug-likeness (QED) is 0.771. The Balaban J connectivity index is 1.33. The zero-order chi connectivity index (χ0) is 21.9. The lowest BCUT2D eigenvalue weighted by molar-refractivity contribution is -0.0591. The maximum absolute atomic E-state index is 13.0. The van der Waals surface area contributed by atoms with Crippen LogP contribution in [0.4, 0.5) is 4.79 Å². The number of hydrogen-bond donors (Lipinski definition) is 2. The van der Waals surface area contributed by atoms with Gasteiger partial charge in [0.25, 0.3) is 0 Å². The fourth-order valence-corrected chi connectivity index (χ4v) is 5.89. The summed E-state index contributed by atoms with van der Waals surface area (Å²) in [7, 11) is 0. The third-order valence-electron chi connectivity index (χ3n) is 7.63. The Morgan fingerprint density at radius 2 is 1.81 bits per heavy atom. The molecule has 0 unspecified atom stereocenters. The predicted octanol–water partition coefficient (Wildman–Crippen LogP) is 3.63. The van der Waals surface area contributed by atoms with E-state index in [1.54, 1.807) is 6.20 Å². The van der Waals surface area contributed by atoms with E-state index < -0.39 is 0 Å². The number of rotatable bonds is 4. The zero-order valence-corrected chi connectivity index (χ0v) is 18.7. The van der Waals surface area contributed by atoms with Gasteiger partial charge < -0.3 is 15.3 Å². The van der Waals surface area contributed by atoms with Crippen molar-refractivity contribution in [1.82, 2.24) is 20.1 Å². The molecule has 3 fully saturated rings. The average Bonchev–Trinajstić information content (AvgIpc) is 3.32. The van der Waals surface area contributed by atoms with E-state index in [0.29, 0.717) is 6.04 Å². The lowest BCUT2D eigenvalue weighted by Gasteiger charge is -2.57. The maximum Gasteiger partial charge on any atom is 0.317 e. The maximum atomic E-state index is 13.0. The molecule has 2 N–H and O–H groups in total. The Hall–Kier alpha value is -2.44. The van der Waals surface area contributed by atoms with Gasteiger partial charge in [-0.3, -0.25) is 9.88 Å². The first-order valence-electron chi connectivity index (χ1n) is 12.2. The van der Waals surface area contributed by atoms with Gasteiger partial charge >= 0.3 is 6.03 Å². The van der Waals surface area contributed by atoms with Gasteiger partial charge in [0, 0.05) is 49.5 Å². The summed E-state index contributed by atoms with van der Waals surface area (Å²) in [5.41, 5.74) is 3.50. The molecule has 3 atom stereocenters. The van der Waals surface area contributed by atoms with Crippen molar-refractivity contribution in [2.24, 2.45) is 0 Å². The van der Waals surface area contributed by atoms with Crippen LogP contribution in [0, 0.1) is 0 Å². The lowest BCUT2D eigenvalue weighted by Crippen LogP contribution is -2.68. The van der Waals surface area contributed by atoms with Gasteiger partial charge in [0.15, 0.2) is 0 Å². The summed E-state index contributed by atoms with van der Waals surface area (Å²) in [6.45, 7) is 2.70. The average molecular weight is 435 g/mol. The fourth-order valence-electron chi connectivity index (χ4n) is 5.89. The lowest BCUT2D eigenvalue weighted by atomic mass is 9.74. The van der Waals surface area contributed by atoms with Crippen molar-refractivity contribution in [3.05, 3.63) is 54.4 Å². The van der Waals surface area contributed by atoms with Crippen LogP contribution in [0.1, 0.15) is 50.0 Å². The Labute approximate surface area is 190 Å². The van der Waals surface area contributed by atoms with Crippen molar-refractivity contribution in [3.8, 4) is 11.1 Å². The summed E-state index contributed by atoms with van der Waals surface area (Å²) in [4.78, 5) is 21.7. The van der Waals surface area contributed by atoms with Crippen LogP contribution < -0.4 is 5.32 Å². The van der Waals surface area contributed by atoms with Crippen molar-refractivity contribution < 1.29 is 9.90 Å². The summed E-state index contributed by atoms with van der Waals surface area (Å²) in [5.74, 6) is 0.239. The first kappa shape index (κ1) is 21.4. The van der Waals surface area contributed by atoms with Gasteiger partial charge in [0.05, 0.1) is 6.61 Å². The first-order chi connectivity index (χ1) is 15.7. The molecule has 2 aromatic rings. The van der Waals surface area contributed by atoms with Gasteiger partial charge in [-0.2, -0.15) is 0 Å².